The summed E-state index contributed by atoms with van der Waals surface area (Å²) < 4.78 is 20.5. The van der Waals surface area contributed by atoms with Gasteiger partial charge in [-0.1, -0.05) is 22.0 Å². The molecule has 0 bridgehead atoms. The van der Waals surface area contributed by atoms with E-state index >= 15 is 0 Å². The van der Waals surface area contributed by atoms with Gasteiger partial charge in [0.15, 0.2) is 0 Å². The smallest absolute Gasteiger partial charge is 0.125 e. The van der Waals surface area contributed by atoms with E-state index in [-0.39, 0.29) is 5.82 Å². The highest BCUT2D eigenvalue weighted by Gasteiger charge is 2.01. The van der Waals surface area contributed by atoms with Gasteiger partial charge in [0.2, 0.25) is 0 Å². The van der Waals surface area contributed by atoms with Crippen molar-refractivity contribution in [2.75, 3.05) is 18.5 Å². The second kappa shape index (κ2) is 6.91. The molecule has 0 amide bonds. The van der Waals surface area contributed by atoms with Gasteiger partial charge < -0.3 is 10.1 Å². The second-order valence-electron chi connectivity index (χ2n) is 3.86. The zero-order valence-electron chi connectivity index (χ0n) is 10.00. The van der Waals surface area contributed by atoms with Crippen molar-refractivity contribution in [3.63, 3.8) is 0 Å². The van der Waals surface area contributed by atoms with Crippen molar-refractivity contribution in [2.45, 2.75) is 0 Å². The average molecular weight is 389 g/mol. The third-order valence-electron chi connectivity index (χ3n) is 2.41. The molecule has 0 atom stereocenters. The highest BCUT2D eigenvalue weighted by atomic mass is 79.9. The van der Waals surface area contributed by atoms with Crippen molar-refractivity contribution < 1.29 is 9.13 Å². The standard InChI is InChI=1S/C14H12Br2FNO/c15-10-2-1-3-12(8-10)19-7-6-18-14-9-11(17)4-5-13(14)16/h1-5,8-9,18H,6-7H2. The Morgan fingerprint density at radius 3 is 2.74 bits per heavy atom. The van der Waals surface area contributed by atoms with Gasteiger partial charge in [0, 0.05) is 15.5 Å². The van der Waals surface area contributed by atoms with Crippen LogP contribution in [-0.4, -0.2) is 13.2 Å². The van der Waals surface area contributed by atoms with Crippen molar-refractivity contribution in [1.29, 1.82) is 0 Å². The van der Waals surface area contributed by atoms with Crippen LogP contribution < -0.4 is 10.1 Å². The van der Waals surface area contributed by atoms with Gasteiger partial charge in [0.05, 0.1) is 5.69 Å². The molecule has 2 rings (SSSR count). The molecule has 0 aliphatic rings. The molecule has 5 heteroatoms. The first-order valence-electron chi connectivity index (χ1n) is 5.72. The van der Waals surface area contributed by atoms with Crippen LogP contribution in [0.5, 0.6) is 5.75 Å². The molecule has 0 radical (unpaired) electrons. The molecule has 0 saturated heterocycles. The highest BCUT2D eigenvalue weighted by molar-refractivity contribution is 9.10. The Hall–Kier alpha value is -1.07. The molecular weight excluding hydrogens is 377 g/mol. The van der Waals surface area contributed by atoms with E-state index in [0.717, 1.165) is 20.4 Å². The summed E-state index contributed by atoms with van der Waals surface area (Å²) in [5, 5.41) is 3.12. The van der Waals surface area contributed by atoms with E-state index in [9.17, 15) is 4.39 Å². The van der Waals surface area contributed by atoms with Crippen molar-refractivity contribution in [2.24, 2.45) is 0 Å². The molecule has 1 N–H and O–H groups in total. The summed E-state index contributed by atoms with van der Waals surface area (Å²) in [5.41, 5.74) is 0.720. The average Bonchev–Trinajstić information content (AvgIpc) is 2.39. The molecule has 2 aromatic carbocycles. The summed E-state index contributed by atoms with van der Waals surface area (Å²) in [5.74, 6) is 0.535. The number of ether oxygens (including phenoxy) is 1. The van der Waals surface area contributed by atoms with Crippen molar-refractivity contribution in [1.82, 2.24) is 0 Å². The molecule has 2 aromatic rings. The fourth-order valence-corrected chi connectivity index (χ4v) is 2.31. The number of nitrogens with one attached hydrogen (secondary N) is 1. The summed E-state index contributed by atoms with van der Waals surface area (Å²) >= 11 is 6.74. The molecule has 0 aliphatic carbocycles. The second-order valence-corrected chi connectivity index (χ2v) is 5.63. The van der Waals surface area contributed by atoms with E-state index in [0.29, 0.717) is 13.2 Å². The molecular formula is C14H12Br2FNO. The minimum Gasteiger partial charge on any atom is -0.492 e. The molecule has 0 fully saturated rings. The van der Waals surface area contributed by atoms with Crippen LogP contribution >= 0.6 is 31.9 Å². The van der Waals surface area contributed by atoms with E-state index in [1.54, 1.807) is 6.07 Å². The number of benzene rings is 2. The molecule has 0 saturated carbocycles. The SMILES string of the molecule is Fc1ccc(Br)c(NCCOc2cccc(Br)c2)c1. The van der Waals surface area contributed by atoms with E-state index in [1.807, 2.05) is 24.3 Å². The summed E-state index contributed by atoms with van der Waals surface area (Å²) in [4.78, 5) is 0. The van der Waals surface area contributed by atoms with Crippen LogP contribution in [0.2, 0.25) is 0 Å². The van der Waals surface area contributed by atoms with E-state index in [2.05, 4.69) is 37.2 Å². The van der Waals surface area contributed by atoms with Gasteiger partial charge in [-0.15, -0.1) is 0 Å². The monoisotopic (exact) mass is 387 g/mol. The Bertz CT molecular complexity index is 563. The Morgan fingerprint density at radius 2 is 1.95 bits per heavy atom. The third kappa shape index (κ3) is 4.51. The van der Waals surface area contributed by atoms with E-state index < -0.39 is 0 Å². The summed E-state index contributed by atoms with van der Waals surface area (Å²) in [7, 11) is 0. The normalized spacial score (nSPS) is 10.3. The van der Waals surface area contributed by atoms with Crippen LogP contribution in [0.15, 0.2) is 51.4 Å². The third-order valence-corrected chi connectivity index (χ3v) is 3.60. The number of hydrogen-bond acceptors (Lipinski definition) is 2. The van der Waals surface area contributed by atoms with Crippen LogP contribution in [-0.2, 0) is 0 Å². The minimum atomic E-state index is -0.265. The summed E-state index contributed by atoms with van der Waals surface area (Å²) in [6.45, 7) is 1.09. The number of halogens is 3. The van der Waals surface area contributed by atoms with Crippen LogP contribution in [0.3, 0.4) is 0 Å². The quantitative estimate of drug-likeness (QED) is 0.740. The van der Waals surface area contributed by atoms with Gasteiger partial charge in [-0.3, -0.25) is 0 Å². The van der Waals surface area contributed by atoms with Crippen molar-refractivity contribution in [3.8, 4) is 5.75 Å². The fourth-order valence-electron chi connectivity index (χ4n) is 1.54. The number of hydrogen-bond donors (Lipinski definition) is 1. The van der Waals surface area contributed by atoms with E-state index in [1.165, 1.54) is 12.1 Å². The van der Waals surface area contributed by atoms with Gasteiger partial charge in [-0.2, -0.15) is 0 Å². The first-order chi connectivity index (χ1) is 9.15. The lowest BCUT2D eigenvalue weighted by atomic mass is 10.3. The minimum absolute atomic E-state index is 0.265. The molecule has 0 spiro atoms. The zero-order valence-corrected chi connectivity index (χ0v) is 13.2. The van der Waals surface area contributed by atoms with Crippen molar-refractivity contribution in [3.05, 3.63) is 57.2 Å². The molecule has 0 aliphatic heterocycles. The Labute approximate surface area is 128 Å². The maximum Gasteiger partial charge on any atom is 0.125 e. The predicted octanol–water partition coefficient (Wildman–Crippen LogP) is 4.84. The van der Waals surface area contributed by atoms with Gasteiger partial charge in [0.1, 0.15) is 18.2 Å². The lowest BCUT2D eigenvalue weighted by molar-refractivity contribution is 0.332. The number of anilines is 1. The first kappa shape index (κ1) is 14.3. The topological polar surface area (TPSA) is 21.3 Å². The first-order valence-corrected chi connectivity index (χ1v) is 7.31. The molecule has 0 aromatic heterocycles. The van der Waals surface area contributed by atoms with Gasteiger partial charge in [-0.25, -0.2) is 4.39 Å². The summed E-state index contributed by atoms with van der Waals surface area (Å²) in [6.07, 6.45) is 0. The molecule has 100 valence electrons. The lowest BCUT2D eigenvalue weighted by Gasteiger charge is -2.10. The van der Waals surface area contributed by atoms with Gasteiger partial charge in [-0.05, 0) is 52.3 Å². The zero-order chi connectivity index (χ0) is 13.7. The predicted molar refractivity (Wildman–Crippen MR) is 82.2 cm³/mol. The van der Waals surface area contributed by atoms with Crippen LogP contribution in [0.4, 0.5) is 10.1 Å². The Morgan fingerprint density at radius 1 is 1.11 bits per heavy atom. The lowest BCUT2D eigenvalue weighted by Crippen LogP contribution is -2.11. The van der Waals surface area contributed by atoms with Crippen LogP contribution in [0.1, 0.15) is 0 Å². The molecule has 0 heterocycles. The van der Waals surface area contributed by atoms with Crippen LogP contribution in [0.25, 0.3) is 0 Å². The molecule has 2 nitrogen and oxygen atoms in total. The highest BCUT2D eigenvalue weighted by Crippen LogP contribution is 2.23. The number of rotatable bonds is 5. The largest absolute Gasteiger partial charge is 0.492 e. The Balaban J connectivity index is 1.82. The van der Waals surface area contributed by atoms with Crippen LogP contribution in [0, 0.1) is 5.82 Å². The maximum absolute atomic E-state index is 13.1. The van der Waals surface area contributed by atoms with E-state index in [4.69, 9.17) is 4.74 Å². The van der Waals surface area contributed by atoms with Gasteiger partial charge >= 0.3 is 0 Å². The van der Waals surface area contributed by atoms with Crippen molar-refractivity contribution >= 4 is 37.5 Å². The summed E-state index contributed by atoms with van der Waals surface area (Å²) in [6, 6.07) is 12.2. The molecule has 19 heavy (non-hydrogen) atoms. The Kier molecular flexibility index (Phi) is 5.22. The fraction of sp³-hybridized carbons (Fsp3) is 0.143. The maximum atomic E-state index is 13.1. The van der Waals surface area contributed by atoms with Gasteiger partial charge in [0.25, 0.3) is 0 Å². The molecule has 0 unspecified atom stereocenters.